The lowest BCUT2D eigenvalue weighted by Crippen LogP contribution is -2.29. The van der Waals surface area contributed by atoms with E-state index in [4.69, 9.17) is 0 Å². The van der Waals surface area contributed by atoms with Gasteiger partial charge in [0.2, 0.25) is 0 Å². The van der Waals surface area contributed by atoms with Crippen molar-refractivity contribution in [2.45, 2.75) is 97.2 Å². The highest BCUT2D eigenvalue weighted by molar-refractivity contribution is 8.02. The highest BCUT2D eigenvalue weighted by atomic mass is 32.2. The van der Waals surface area contributed by atoms with Crippen LogP contribution in [0.5, 0.6) is 0 Å². The third kappa shape index (κ3) is 7.73. The largest absolute Gasteiger partial charge is 0.481 e. The Morgan fingerprint density at radius 2 is 1.15 bits per heavy atom. The molecule has 0 heterocycles. The molecule has 0 saturated heterocycles. The van der Waals surface area contributed by atoms with Gasteiger partial charge < -0.3 is 5.11 Å². The van der Waals surface area contributed by atoms with Gasteiger partial charge in [-0.15, -0.1) is 35.3 Å². The fourth-order valence-corrected chi connectivity index (χ4v) is 9.25. The van der Waals surface area contributed by atoms with Crippen LogP contribution in [0.3, 0.4) is 0 Å². The normalized spacial score (nSPS) is 21.7. The average Bonchev–Trinajstić information content (AvgIpc) is 2.71. The van der Waals surface area contributed by atoms with Crippen LogP contribution >= 0.6 is 35.3 Å². The van der Waals surface area contributed by atoms with Crippen LogP contribution in [-0.4, -0.2) is 32.6 Å². The summed E-state index contributed by atoms with van der Waals surface area (Å²) < 4.78 is 0. The van der Waals surface area contributed by atoms with E-state index in [0.717, 1.165) is 19.3 Å². The van der Waals surface area contributed by atoms with E-state index < -0.39 is 5.97 Å². The van der Waals surface area contributed by atoms with Crippen molar-refractivity contribution in [1.29, 1.82) is 0 Å². The molecule has 0 aliphatic heterocycles. The molecule has 1 fully saturated rings. The lowest BCUT2D eigenvalue weighted by molar-refractivity contribution is -0.133. The van der Waals surface area contributed by atoms with Crippen LogP contribution < -0.4 is 0 Å². The van der Waals surface area contributed by atoms with Gasteiger partial charge in [-0.3, -0.25) is 4.79 Å². The number of thioether (sulfide) groups is 3. The summed E-state index contributed by atoms with van der Waals surface area (Å²) >= 11 is 5.64. The summed E-state index contributed by atoms with van der Waals surface area (Å²) in [6.07, 6.45) is 3.29. The number of carboxylic acids is 1. The summed E-state index contributed by atoms with van der Waals surface area (Å²) in [5, 5.41) is 10.6. The SMILES string of the molecule is CC(C)(C)c1ccccc1SC1CC(SCC(=O)O)CC(Sc2ccccc2C(C)(C)C)C1. The zero-order chi connectivity index (χ0) is 24.2. The van der Waals surface area contributed by atoms with Crippen molar-refractivity contribution in [2.24, 2.45) is 0 Å². The molecule has 2 unspecified atom stereocenters. The molecule has 3 rings (SSSR count). The number of benzene rings is 2. The van der Waals surface area contributed by atoms with Crippen LogP contribution in [-0.2, 0) is 15.6 Å². The maximum atomic E-state index is 11.3. The molecular weight excluding hydrogens is 465 g/mol. The van der Waals surface area contributed by atoms with E-state index in [2.05, 4.69) is 90.1 Å². The molecule has 1 saturated carbocycles. The highest BCUT2D eigenvalue weighted by Gasteiger charge is 2.33. The first-order valence-corrected chi connectivity index (χ1v) is 14.6. The second-order valence-corrected chi connectivity index (χ2v) is 15.0. The standard InChI is InChI=1S/C28H38O2S3/c1-27(2,3)22-11-7-9-13-24(22)32-20-15-19(31-18-26(29)30)16-21(17-20)33-25-14-10-8-12-23(25)28(4,5)6/h7-14,19-21H,15-18H2,1-6H3,(H,29,30). The number of carboxylic acid groups (broad SMARTS) is 1. The van der Waals surface area contributed by atoms with Gasteiger partial charge in [-0.2, -0.15) is 0 Å². The highest BCUT2D eigenvalue weighted by Crippen LogP contribution is 2.46. The Kier molecular flexibility index (Phi) is 8.96. The Bertz CT molecular complexity index is 875. The molecule has 0 spiro atoms. The summed E-state index contributed by atoms with van der Waals surface area (Å²) in [6.45, 7) is 13.7. The van der Waals surface area contributed by atoms with Gasteiger partial charge in [-0.25, -0.2) is 0 Å². The molecule has 2 nitrogen and oxygen atoms in total. The molecule has 0 amide bonds. The fraction of sp³-hybridized carbons (Fsp3) is 0.536. The Labute approximate surface area is 213 Å². The molecular formula is C28H38O2S3. The molecule has 1 aliphatic rings. The number of rotatable bonds is 7. The molecule has 180 valence electrons. The summed E-state index contributed by atoms with van der Waals surface area (Å²) in [6, 6.07) is 17.6. The molecule has 1 N–H and O–H groups in total. The van der Waals surface area contributed by atoms with Crippen LogP contribution in [0.4, 0.5) is 0 Å². The molecule has 2 atom stereocenters. The Morgan fingerprint density at radius 3 is 1.55 bits per heavy atom. The summed E-state index contributed by atoms with van der Waals surface area (Å²) in [7, 11) is 0. The summed E-state index contributed by atoms with van der Waals surface area (Å²) in [5.74, 6) is -0.522. The van der Waals surface area contributed by atoms with Crippen LogP contribution in [0.15, 0.2) is 58.3 Å². The van der Waals surface area contributed by atoms with Crippen molar-refractivity contribution in [3.63, 3.8) is 0 Å². The lowest BCUT2D eigenvalue weighted by atomic mass is 9.87. The number of hydrogen-bond donors (Lipinski definition) is 1. The first kappa shape index (κ1) is 26.6. The van der Waals surface area contributed by atoms with Gasteiger partial charge in [0.1, 0.15) is 0 Å². The van der Waals surface area contributed by atoms with Crippen LogP contribution in [0.1, 0.15) is 71.9 Å². The topological polar surface area (TPSA) is 37.3 Å². The quantitative estimate of drug-likeness (QED) is 0.412. The monoisotopic (exact) mass is 502 g/mol. The summed E-state index contributed by atoms with van der Waals surface area (Å²) in [4.78, 5) is 14.0. The molecule has 0 aromatic heterocycles. The third-order valence-electron chi connectivity index (χ3n) is 6.00. The van der Waals surface area contributed by atoms with Crippen LogP contribution in [0, 0.1) is 0 Å². The molecule has 2 aromatic carbocycles. The minimum atomic E-state index is -0.713. The van der Waals surface area contributed by atoms with E-state index in [1.54, 1.807) is 11.8 Å². The molecule has 33 heavy (non-hydrogen) atoms. The maximum absolute atomic E-state index is 11.3. The van der Waals surface area contributed by atoms with Gasteiger partial charge >= 0.3 is 5.97 Å². The minimum absolute atomic E-state index is 0.107. The maximum Gasteiger partial charge on any atom is 0.313 e. The van der Waals surface area contributed by atoms with Gasteiger partial charge in [-0.05, 0) is 53.4 Å². The Morgan fingerprint density at radius 1 is 0.758 bits per heavy atom. The van der Waals surface area contributed by atoms with E-state index in [9.17, 15) is 9.90 Å². The number of carbonyl (C=O) groups is 1. The fourth-order valence-electron chi connectivity index (χ4n) is 4.42. The second-order valence-electron chi connectivity index (χ2n) is 11.0. The van der Waals surface area contributed by atoms with Gasteiger partial charge in [0, 0.05) is 25.5 Å². The summed E-state index contributed by atoms with van der Waals surface area (Å²) in [5.41, 5.74) is 3.01. The van der Waals surface area contributed by atoms with E-state index in [1.165, 1.54) is 20.9 Å². The lowest BCUT2D eigenvalue weighted by Gasteiger charge is -2.35. The first-order valence-electron chi connectivity index (χ1n) is 11.8. The van der Waals surface area contributed by atoms with E-state index in [1.807, 2.05) is 23.5 Å². The number of aliphatic carboxylic acids is 1. The predicted molar refractivity (Wildman–Crippen MR) is 147 cm³/mol. The smallest absolute Gasteiger partial charge is 0.313 e. The van der Waals surface area contributed by atoms with E-state index in [0.29, 0.717) is 15.7 Å². The van der Waals surface area contributed by atoms with Gasteiger partial charge in [0.25, 0.3) is 0 Å². The van der Waals surface area contributed by atoms with Crippen molar-refractivity contribution in [2.75, 3.05) is 5.75 Å². The zero-order valence-corrected chi connectivity index (χ0v) is 23.2. The van der Waals surface area contributed by atoms with Crippen molar-refractivity contribution in [3.8, 4) is 0 Å². The first-order chi connectivity index (χ1) is 15.4. The zero-order valence-electron chi connectivity index (χ0n) is 20.8. The van der Waals surface area contributed by atoms with Crippen molar-refractivity contribution < 1.29 is 9.90 Å². The molecule has 1 aliphatic carbocycles. The Hall–Kier alpha value is -1.04. The van der Waals surface area contributed by atoms with E-state index >= 15 is 0 Å². The van der Waals surface area contributed by atoms with Crippen molar-refractivity contribution >= 4 is 41.3 Å². The van der Waals surface area contributed by atoms with Crippen molar-refractivity contribution in [3.05, 3.63) is 59.7 Å². The number of hydrogen-bond acceptors (Lipinski definition) is 4. The van der Waals surface area contributed by atoms with Crippen molar-refractivity contribution in [1.82, 2.24) is 0 Å². The van der Waals surface area contributed by atoms with E-state index in [-0.39, 0.29) is 16.6 Å². The molecule has 0 radical (unpaired) electrons. The minimum Gasteiger partial charge on any atom is -0.481 e. The average molecular weight is 503 g/mol. The third-order valence-corrected chi connectivity index (χ3v) is 9.92. The molecule has 5 heteroatoms. The predicted octanol–water partition coefficient (Wildman–Crippen LogP) is 8.27. The molecule has 0 bridgehead atoms. The second kappa shape index (κ2) is 11.1. The van der Waals surface area contributed by atoms with Crippen LogP contribution in [0.2, 0.25) is 0 Å². The van der Waals surface area contributed by atoms with Crippen LogP contribution in [0.25, 0.3) is 0 Å². The molecule has 2 aromatic rings. The van der Waals surface area contributed by atoms with Gasteiger partial charge in [0.15, 0.2) is 0 Å². The van der Waals surface area contributed by atoms with Gasteiger partial charge in [-0.1, -0.05) is 77.9 Å². The Balaban J connectivity index is 1.82. The van der Waals surface area contributed by atoms with Gasteiger partial charge in [0.05, 0.1) is 5.75 Å².